The minimum atomic E-state index is -0.763. The fraction of sp³-hybridized carbons (Fsp3) is 0.300. The van der Waals surface area contributed by atoms with E-state index in [0.29, 0.717) is 18.5 Å². The van der Waals surface area contributed by atoms with E-state index in [1.54, 1.807) is 29.2 Å². The van der Waals surface area contributed by atoms with Crippen molar-refractivity contribution in [3.63, 3.8) is 0 Å². The Morgan fingerprint density at radius 2 is 2.27 bits per heavy atom. The normalized spacial score (nSPS) is 17.9. The predicted molar refractivity (Wildman–Crippen MR) is 51.5 cm³/mol. The first-order chi connectivity index (χ1) is 7.24. The summed E-state index contributed by atoms with van der Waals surface area (Å²) in [7, 11) is 0. The summed E-state index contributed by atoms with van der Waals surface area (Å²) >= 11 is 0. The lowest BCUT2D eigenvalue weighted by Crippen LogP contribution is -2.21. The highest BCUT2D eigenvalue weighted by atomic mass is 16.4. The average Bonchev–Trinajstić information content (AvgIpc) is 2.93. The van der Waals surface area contributed by atoms with Gasteiger partial charge in [-0.25, -0.2) is 4.98 Å². The number of aliphatic carboxylic acids is 1. The number of hydrogen-bond donors (Lipinski definition) is 1. The third-order valence-corrected chi connectivity index (χ3v) is 2.97. The van der Waals surface area contributed by atoms with E-state index in [1.807, 2.05) is 0 Å². The van der Waals surface area contributed by atoms with Crippen LogP contribution in [0, 0.1) is 0 Å². The Morgan fingerprint density at radius 3 is 2.93 bits per heavy atom. The molecule has 0 bridgehead atoms. The van der Waals surface area contributed by atoms with Crippen molar-refractivity contribution in [1.82, 2.24) is 14.4 Å². The molecule has 0 atom stereocenters. The maximum atomic E-state index is 11.2. The molecule has 76 valence electrons. The highest BCUT2D eigenvalue weighted by molar-refractivity contribution is 5.84. The van der Waals surface area contributed by atoms with Gasteiger partial charge in [-0.2, -0.15) is 0 Å². The monoisotopic (exact) mass is 203 g/mol. The number of rotatable bonds is 2. The second-order valence-electron chi connectivity index (χ2n) is 3.84. The smallest absolute Gasteiger partial charge is 0.315 e. The van der Waals surface area contributed by atoms with Crippen LogP contribution in [0.15, 0.2) is 24.8 Å². The van der Waals surface area contributed by atoms with E-state index >= 15 is 0 Å². The van der Waals surface area contributed by atoms with E-state index in [-0.39, 0.29) is 0 Å². The fourth-order valence-corrected chi connectivity index (χ4v) is 1.90. The number of imidazole rings is 1. The van der Waals surface area contributed by atoms with Crippen LogP contribution in [0.4, 0.5) is 0 Å². The molecule has 1 fully saturated rings. The van der Waals surface area contributed by atoms with Crippen LogP contribution in [0.25, 0.3) is 5.65 Å². The van der Waals surface area contributed by atoms with Crippen molar-refractivity contribution in [1.29, 1.82) is 0 Å². The standard InChI is InChI=1S/C10H9N3O2/c14-9(15)10(1-2-10)7-5-12-8-6-11-3-4-13(7)8/h3-6H,1-2H2,(H,14,15). The summed E-state index contributed by atoms with van der Waals surface area (Å²) in [4.78, 5) is 19.3. The zero-order valence-corrected chi connectivity index (χ0v) is 7.92. The van der Waals surface area contributed by atoms with Gasteiger partial charge in [0, 0.05) is 12.4 Å². The molecule has 1 aliphatic rings. The van der Waals surface area contributed by atoms with Crippen LogP contribution < -0.4 is 0 Å². The molecule has 1 aliphatic carbocycles. The fourth-order valence-electron chi connectivity index (χ4n) is 1.90. The molecule has 2 heterocycles. The Kier molecular flexibility index (Phi) is 1.44. The summed E-state index contributed by atoms with van der Waals surface area (Å²) in [5.41, 5.74) is 0.744. The Labute approximate surface area is 85.4 Å². The number of fused-ring (bicyclic) bond motifs is 1. The van der Waals surface area contributed by atoms with Crippen molar-refractivity contribution in [3.05, 3.63) is 30.5 Å². The molecule has 2 aromatic rings. The molecule has 0 saturated heterocycles. The van der Waals surface area contributed by atoms with Crippen LogP contribution in [-0.2, 0) is 10.2 Å². The summed E-state index contributed by atoms with van der Waals surface area (Å²) in [6.07, 6.45) is 8.03. The van der Waals surface area contributed by atoms with Crippen LogP contribution >= 0.6 is 0 Å². The Balaban J connectivity index is 2.24. The number of aromatic nitrogens is 3. The van der Waals surface area contributed by atoms with Crippen molar-refractivity contribution in [2.45, 2.75) is 18.3 Å². The predicted octanol–water partition coefficient (Wildman–Crippen LogP) is 0.845. The highest BCUT2D eigenvalue weighted by Crippen LogP contribution is 2.48. The molecule has 1 saturated carbocycles. The first kappa shape index (κ1) is 8.40. The molecule has 0 radical (unpaired) electrons. The second-order valence-corrected chi connectivity index (χ2v) is 3.84. The van der Waals surface area contributed by atoms with Gasteiger partial charge >= 0.3 is 5.97 Å². The van der Waals surface area contributed by atoms with Crippen molar-refractivity contribution in [2.75, 3.05) is 0 Å². The molecule has 5 heteroatoms. The Hall–Kier alpha value is -1.91. The average molecular weight is 203 g/mol. The Morgan fingerprint density at radius 1 is 1.47 bits per heavy atom. The van der Waals surface area contributed by atoms with E-state index in [0.717, 1.165) is 5.69 Å². The van der Waals surface area contributed by atoms with E-state index < -0.39 is 11.4 Å². The van der Waals surface area contributed by atoms with Gasteiger partial charge in [-0.15, -0.1) is 0 Å². The van der Waals surface area contributed by atoms with Crippen LogP contribution in [0.2, 0.25) is 0 Å². The molecule has 0 amide bonds. The van der Waals surface area contributed by atoms with Gasteiger partial charge in [-0.1, -0.05) is 0 Å². The van der Waals surface area contributed by atoms with Crippen LogP contribution in [-0.4, -0.2) is 25.4 Å². The number of nitrogens with zero attached hydrogens (tertiary/aromatic N) is 3. The lowest BCUT2D eigenvalue weighted by molar-refractivity contribution is -0.140. The molecule has 0 aromatic carbocycles. The van der Waals surface area contributed by atoms with Crippen molar-refractivity contribution < 1.29 is 9.90 Å². The third kappa shape index (κ3) is 1.000. The van der Waals surface area contributed by atoms with E-state index in [9.17, 15) is 9.90 Å². The van der Waals surface area contributed by atoms with Gasteiger partial charge in [-0.05, 0) is 12.8 Å². The zero-order chi connectivity index (χ0) is 10.5. The second kappa shape index (κ2) is 2.56. The summed E-state index contributed by atoms with van der Waals surface area (Å²) in [6, 6.07) is 0. The number of hydrogen-bond acceptors (Lipinski definition) is 3. The maximum Gasteiger partial charge on any atom is 0.315 e. The van der Waals surface area contributed by atoms with Gasteiger partial charge in [0.15, 0.2) is 5.65 Å². The molecule has 0 aliphatic heterocycles. The maximum absolute atomic E-state index is 11.2. The SMILES string of the molecule is O=C(O)C1(c2cnc3cnccn23)CC1. The lowest BCUT2D eigenvalue weighted by atomic mass is 10.0. The molecular formula is C10H9N3O2. The molecule has 1 N–H and O–H groups in total. The zero-order valence-electron chi connectivity index (χ0n) is 7.92. The van der Waals surface area contributed by atoms with E-state index in [2.05, 4.69) is 9.97 Å². The third-order valence-electron chi connectivity index (χ3n) is 2.97. The van der Waals surface area contributed by atoms with E-state index in [4.69, 9.17) is 0 Å². The number of carbonyl (C=O) groups is 1. The van der Waals surface area contributed by atoms with Crippen LogP contribution in [0.5, 0.6) is 0 Å². The van der Waals surface area contributed by atoms with Gasteiger partial charge in [0.05, 0.1) is 18.1 Å². The largest absolute Gasteiger partial charge is 0.481 e. The minimum absolute atomic E-state index is 0.693. The van der Waals surface area contributed by atoms with Gasteiger partial charge in [0.25, 0.3) is 0 Å². The molecular weight excluding hydrogens is 194 g/mol. The van der Waals surface area contributed by atoms with E-state index in [1.165, 1.54) is 0 Å². The summed E-state index contributed by atoms with van der Waals surface area (Å²) in [5, 5.41) is 9.18. The van der Waals surface area contributed by atoms with Crippen LogP contribution in [0.1, 0.15) is 18.5 Å². The van der Waals surface area contributed by atoms with Gasteiger partial charge in [0.2, 0.25) is 0 Å². The number of carboxylic acid groups (broad SMARTS) is 1. The summed E-state index contributed by atoms with van der Waals surface area (Å²) < 4.78 is 1.80. The molecule has 0 unspecified atom stereocenters. The first-order valence-electron chi connectivity index (χ1n) is 4.75. The Bertz CT molecular complexity index is 542. The molecule has 2 aromatic heterocycles. The van der Waals surface area contributed by atoms with Crippen LogP contribution in [0.3, 0.4) is 0 Å². The molecule has 0 spiro atoms. The highest BCUT2D eigenvalue weighted by Gasteiger charge is 2.53. The van der Waals surface area contributed by atoms with Gasteiger partial charge in [-0.3, -0.25) is 9.78 Å². The summed E-state index contributed by atoms with van der Waals surface area (Å²) in [5.74, 6) is -0.763. The topological polar surface area (TPSA) is 67.5 Å². The first-order valence-corrected chi connectivity index (χ1v) is 4.75. The van der Waals surface area contributed by atoms with Gasteiger partial charge < -0.3 is 9.51 Å². The molecule has 5 nitrogen and oxygen atoms in total. The molecule has 3 rings (SSSR count). The lowest BCUT2D eigenvalue weighted by Gasteiger charge is -2.08. The van der Waals surface area contributed by atoms with Gasteiger partial charge in [0.1, 0.15) is 5.41 Å². The minimum Gasteiger partial charge on any atom is -0.481 e. The molecule has 15 heavy (non-hydrogen) atoms. The number of carboxylic acids is 1. The van der Waals surface area contributed by atoms with Crippen molar-refractivity contribution >= 4 is 11.6 Å². The van der Waals surface area contributed by atoms with Crippen molar-refractivity contribution in [2.24, 2.45) is 0 Å². The quantitative estimate of drug-likeness (QED) is 0.785. The summed E-state index contributed by atoms with van der Waals surface area (Å²) in [6.45, 7) is 0. The van der Waals surface area contributed by atoms with Crippen molar-refractivity contribution in [3.8, 4) is 0 Å².